The first kappa shape index (κ1) is 14.4. The van der Waals surface area contributed by atoms with Gasteiger partial charge in [0.1, 0.15) is 22.3 Å². The van der Waals surface area contributed by atoms with Crippen molar-refractivity contribution in [2.24, 2.45) is 5.92 Å². The molecule has 1 aromatic carbocycles. The van der Waals surface area contributed by atoms with Gasteiger partial charge in [-0.2, -0.15) is 9.57 Å². The minimum absolute atomic E-state index is 0.0655. The summed E-state index contributed by atoms with van der Waals surface area (Å²) in [4.78, 5) is 10.1. The van der Waals surface area contributed by atoms with Gasteiger partial charge in [-0.3, -0.25) is 4.79 Å². The van der Waals surface area contributed by atoms with Crippen LogP contribution in [-0.4, -0.2) is 36.9 Å². The van der Waals surface area contributed by atoms with Crippen LogP contribution in [0.5, 0.6) is 0 Å². The Morgan fingerprint density at radius 3 is 2.70 bits per heavy atom. The number of carboxylic acids is 1. The molecule has 1 saturated heterocycles. The number of nitrogens with zero attached hydrogens (tertiary/aromatic N) is 2. The molecule has 106 valence electrons. The van der Waals surface area contributed by atoms with Crippen LogP contribution in [0.2, 0.25) is 0 Å². The molecule has 1 heterocycles. The fraction of sp³-hybridized carbons (Fsp3) is 0.333. The van der Waals surface area contributed by atoms with E-state index in [0.717, 1.165) is 10.4 Å². The molecule has 0 saturated carbocycles. The predicted molar refractivity (Wildman–Crippen MR) is 65.6 cm³/mol. The van der Waals surface area contributed by atoms with Crippen molar-refractivity contribution in [3.8, 4) is 6.07 Å². The maximum absolute atomic E-state index is 13.4. The van der Waals surface area contributed by atoms with E-state index in [9.17, 15) is 17.6 Å². The SMILES string of the molecule is N#Cc1c(F)cccc1S(=O)(=O)N1CC(CC(=O)O)C1. The first-order chi connectivity index (χ1) is 9.36. The molecule has 1 aliphatic heterocycles. The van der Waals surface area contributed by atoms with Crippen molar-refractivity contribution in [1.82, 2.24) is 4.31 Å². The quantitative estimate of drug-likeness (QED) is 0.886. The fourth-order valence-corrected chi connectivity index (χ4v) is 3.81. The number of aliphatic carboxylic acids is 1. The van der Waals surface area contributed by atoms with Crippen molar-refractivity contribution in [2.75, 3.05) is 13.1 Å². The topological polar surface area (TPSA) is 98.5 Å². The van der Waals surface area contributed by atoms with Gasteiger partial charge in [0, 0.05) is 13.1 Å². The van der Waals surface area contributed by atoms with Crippen LogP contribution >= 0.6 is 0 Å². The Balaban J connectivity index is 2.24. The molecule has 1 aromatic rings. The Morgan fingerprint density at radius 1 is 1.50 bits per heavy atom. The average molecular weight is 298 g/mol. The first-order valence-corrected chi connectivity index (χ1v) is 7.21. The van der Waals surface area contributed by atoms with E-state index in [4.69, 9.17) is 10.4 Å². The Hall–Kier alpha value is -1.98. The Bertz CT molecular complexity index is 690. The van der Waals surface area contributed by atoms with Gasteiger partial charge < -0.3 is 5.11 Å². The molecule has 20 heavy (non-hydrogen) atoms. The summed E-state index contributed by atoms with van der Waals surface area (Å²) in [7, 11) is -3.96. The van der Waals surface area contributed by atoms with E-state index in [2.05, 4.69) is 0 Å². The number of carboxylic acid groups (broad SMARTS) is 1. The second-order valence-corrected chi connectivity index (χ2v) is 6.42. The third-order valence-corrected chi connectivity index (χ3v) is 4.97. The molecule has 0 bridgehead atoms. The van der Waals surface area contributed by atoms with Gasteiger partial charge in [-0.15, -0.1) is 0 Å². The fourth-order valence-electron chi connectivity index (χ4n) is 2.06. The van der Waals surface area contributed by atoms with Crippen molar-refractivity contribution in [2.45, 2.75) is 11.3 Å². The highest BCUT2D eigenvalue weighted by Crippen LogP contribution is 2.29. The molecule has 8 heteroatoms. The summed E-state index contributed by atoms with van der Waals surface area (Å²) >= 11 is 0. The van der Waals surface area contributed by atoms with E-state index in [1.807, 2.05) is 0 Å². The number of rotatable bonds is 4. The highest BCUT2D eigenvalue weighted by Gasteiger charge is 2.38. The molecule has 0 radical (unpaired) electrons. The van der Waals surface area contributed by atoms with Crippen LogP contribution in [0.4, 0.5) is 4.39 Å². The minimum atomic E-state index is -3.96. The van der Waals surface area contributed by atoms with E-state index >= 15 is 0 Å². The number of halogens is 1. The van der Waals surface area contributed by atoms with Crippen LogP contribution in [-0.2, 0) is 14.8 Å². The number of nitriles is 1. The van der Waals surface area contributed by atoms with Gasteiger partial charge in [-0.05, 0) is 18.1 Å². The molecule has 1 aliphatic rings. The smallest absolute Gasteiger partial charge is 0.303 e. The number of benzene rings is 1. The second-order valence-electron chi connectivity index (χ2n) is 4.51. The largest absolute Gasteiger partial charge is 0.481 e. The lowest BCUT2D eigenvalue weighted by Crippen LogP contribution is -2.50. The lowest BCUT2D eigenvalue weighted by atomic mass is 10.00. The first-order valence-electron chi connectivity index (χ1n) is 5.77. The van der Waals surface area contributed by atoms with Crippen molar-refractivity contribution >= 4 is 16.0 Å². The van der Waals surface area contributed by atoms with E-state index in [1.165, 1.54) is 12.1 Å². The van der Waals surface area contributed by atoms with Crippen molar-refractivity contribution in [1.29, 1.82) is 5.26 Å². The molecule has 0 aliphatic carbocycles. The van der Waals surface area contributed by atoms with Crippen molar-refractivity contribution < 1.29 is 22.7 Å². The van der Waals surface area contributed by atoms with Gasteiger partial charge >= 0.3 is 5.97 Å². The monoisotopic (exact) mass is 298 g/mol. The molecule has 0 spiro atoms. The van der Waals surface area contributed by atoms with Crippen LogP contribution < -0.4 is 0 Å². The lowest BCUT2D eigenvalue weighted by molar-refractivity contribution is -0.139. The summed E-state index contributed by atoms with van der Waals surface area (Å²) in [5.41, 5.74) is -0.519. The van der Waals surface area contributed by atoms with Crippen LogP contribution in [0.25, 0.3) is 0 Å². The number of hydrogen-bond acceptors (Lipinski definition) is 4. The van der Waals surface area contributed by atoms with E-state index < -0.39 is 27.4 Å². The van der Waals surface area contributed by atoms with Crippen LogP contribution in [0.15, 0.2) is 23.1 Å². The normalized spacial score (nSPS) is 16.4. The average Bonchev–Trinajstić information content (AvgIpc) is 2.32. The van der Waals surface area contributed by atoms with Gasteiger partial charge in [0.2, 0.25) is 10.0 Å². The van der Waals surface area contributed by atoms with Gasteiger partial charge in [-0.25, -0.2) is 12.8 Å². The lowest BCUT2D eigenvalue weighted by Gasteiger charge is -2.37. The maximum Gasteiger partial charge on any atom is 0.303 e. The zero-order chi connectivity index (χ0) is 14.9. The molecular formula is C12H11FN2O4S. The number of hydrogen-bond donors (Lipinski definition) is 1. The van der Waals surface area contributed by atoms with E-state index in [-0.39, 0.29) is 30.3 Å². The molecular weight excluding hydrogens is 287 g/mol. The molecule has 0 atom stereocenters. The van der Waals surface area contributed by atoms with Gasteiger partial charge in [-0.1, -0.05) is 6.07 Å². The molecule has 0 amide bonds. The predicted octanol–water partition coefficient (Wildman–Crippen LogP) is 0.793. The van der Waals surface area contributed by atoms with Crippen LogP contribution in [0, 0.1) is 23.1 Å². The molecule has 0 unspecified atom stereocenters. The zero-order valence-corrected chi connectivity index (χ0v) is 11.1. The van der Waals surface area contributed by atoms with Crippen molar-refractivity contribution in [3.63, 3.8) is 0 Å². The highest BCUT2D eigenvalue weighted by atomic mass is 32.2. The molecule has 1 fully saturated rings. The van der Waals surface area contributed by atoms with Crippen LogP contribution in [0.1, 0.15) is 12.0 Å². The molecule has 2 rings (SSSR count). The standard InChI is InChI=1S/C12H11FN2O4S/c13-10-2-1-3-11(9(10)5-14)20(18,19)15-6-8(7-15)4-12(16)17/h1-3,8H,4,6-7H2,(H,16,17). The van der Waals surface area contributed by atoms with E-state index in [1.54, 1.807) is 6.07 Å². The summed E-state index contributed by atoms with van der Waals surface area (Å²) in [6.45, 7) is 0.131. The number of carbonyl (C=O) groups is 1. The molecule has 6 nitrogen and oxygen atoms in total. The van der Waals surface area contributed by atoms with Gasteiger partial charge in [0.25, 0.3) is 0 Å². The third-order valence-electron chi connectivity index (χ3n) is 3.09. The maximum atomic E-state index is 13.4. The zero-order valence-electron chi connectivity index (χ0n) is 10.3. The summed E-state index contributed by atoms with van der Waals surface area (Å²) in [5.74, 6) is -2.13. The summed E-state index contributed by atoms with van der Waals surface area (Å²) < 4.78 is 39.0. The number of sulfonamides is 1. The minimum Gasteiger partial charge on any atom is -0.481 e. The Kier molecular flexibility index (Phi) is 3.74. The summed E-state index contributed by atoms with van der Waals surface area (Å²) in [6.07, 6.45) is -0.111. The summed E-state index contributed by atoms with van der Waals surface area (Å²) in [6, 6.07) is 4.94. The Morgan fingerprint density at radius 2 is 2.15 bits per heavy atom. The Labute approximate surface area is 115 Å². The molecule has 0 aromatic heterocycles. The summed E-state index contributed by atoms with van der Waals surface area (Å²) in [5, 5.41) is 17.5. The molecule has 1 N–H and O–H groups in total. The van der Waals surface area contributed by atoms with Crippen LogP contribution in [0.3, 0.4) is 0 Å². The van der Waals surface area contributed by atoms with Gasteiger partial charge in [0.05, 0.1) is 6.42 Å². The third kappa shape index (κ3) is 2.50. The highest BCUT2D eigenvalue weighted by molar-refractivity contribution is 7.89. The van der Waals surface area contributed by atoms with Gasteiger partial charge in [0.15, 0.2) is 0 Å². The van der Waals surface area contributed by atoms with E-state index in [0.29, 0.717) is 0 Å². The second kappa shape index (κ2) is 5.19. The van der Waals surface area contributed by atoms with Crippen molar-refractivity contribution in [3.05, 3.63) is 29.6 Å².